The quantitative estimate of drug-likeness (QED) is 0.493. The molecule has 3 rings (SSSR count). The number of benzene rings is 1. The van der Waals surface area contributed by atoms with Crippen LogP contribution in [0.4, 0.5) is 0 Å². The molecule has 0 bridgehead atoms. The number of hydrogen-bond donors (Lipinski definition) is 1. The van der Waals surface area contributed by atoms with E-state index in [1.165, 1.54) is 0 Å². The van der Waals surface area contributed by atoms with Crippen molar-refractivity contribution >= 4 is 34.7 Å². The molecule has 0 aliphatic carbocycles. The zero-order valence-corrected chi connectivity index (χ0v) is 14.0. The van der Waals surface area contributed by atoms with E-state index in [2.05, 4.69) is 15.2 Å². The third-order valence-corrected chi connectivity index (χ3v) is 4.88. The number of nitrogens with zero attached hydrogens (tertiary/aromatic N) is 2. The van der Waals surface area contributed by atoms with Crippen LogP contribution in [0.1, 0.15) is 6.42 Å². The number of hydrogen-bond acceptors (Lipinski definition) is 5. The fourth-order valence-electron chi connectivity index (χ4n) is 1.78. The number of halogens is 1. The van der Waals surface area contributed by atoms with E-state index in [9.17, 15) is 0 Å². The number of nitrogens with one attached hydrogen (secondary N) is 1. The van der Waals surface area contributed by atoms with E-state index in [1.807, 2.05) is 41.8 Å². The van der Waals surface area contributed by atoms with Crippen molar-refractivity contribution in [1.82, 2.24) is 15.2 Å². The topological polar surface area (TPSA) is 50.8 Å². The second-order valence-electron chi connectivity index (χ2n) is 4.45. The molecule has 7 heteroatoms. The van der Waals surface area contributed by atoms with Crippen LogP contribution in [0, 0.1) is 0 Å². The van der Waals surface area contributed by atoms with Crippen LogP contribution in [-0.2, 0) is 0 Å². The molecule has 2 heterocycles. The summed E-state index contributed by atoms with van der Waals surface area (Å²) in [6.07, 6.45) is 0.927. The van der Waals surface area contributed by atoms with Gasteiger partial charge in [-0.2, -0.15) is 0 Å². The zero-order valence-electron chi connectivity index (χ0n) is 11.7. The number of H-pyrrole nitrogens is 1. The lowest BCUT2D eigenvalue weighted by Crippen LogP contribution is -1.98. The van der Waals surface area contributed by atoms with Crippen LogP contribution < -0.4 is 4.74 Å². The van der Waals surface area contributed by atoms with Gasteiger partial charge in [0.1, 0.15) is 5.75 Å². The van der Waals surface area contributed by atoms with Gasteiger partial charge >= 0.3 is 0 Å². The minimum absolute atomic E-state index is 0.664. The molecule has 0 unspecified atom stereocenters. The summed E-state index contributed by atoms with van der Waals surface area (Å²) in [5, 5.41) is 10.7. The highest BCUT2D eigenvalue weighted by molar-refractivity contribution is 7.99. The predicted octanol–water partition coefficient (Wildman–Crippen LogP) is 4.75. The van der Waals surface area contributed by atoms with E-state index in [-0.39, 0.29) is 0 Å². The Morgan fingerprint density at radius 1 is 1.23 bits per heavy atom. The van der Waals surface area contributed by atoms with Gasteiger partial charge in [0.05, 0.1) is 11.5 Å². The standard InChI is InChI=1S/C15H14ClN3OS2/c16-11-4-6-12(7-5-11)20-8-2-10-22-15-17-14(18-19-15)13-3-1-9-21-13/h1,3-7,9H,2,8,10H2,(H,17,18,19). The summed E-state index contributed by atoms with van der Waals surface area (Å²) in [4.78, 5) is 5.57. The molecule has 0 saturated heterocycles. The van der Waals surface area contributed by atoms with E-state index in [0.717, 1.165) is 33.8 Å². The van der Waals surface area contributed by atoms with Gasteiger partial charge in [-0.1, -0.05) is 29.4 Å². The second kappa shape index (κ2) is 7.67. The number of thiophene rings is 1. The molecular formula is C15H14ClN3OS2. The van der Waals surface area contributed by atoms with Crippen LogP contribution in [0.2, 0.25) is 5.02 Å². The van der Waals surface area contributed by atoms with E-state index < -0.39 is 0 Å². The van der Waals surface area contributed by atoms with Crippen molar-refractivity contribution in [2.24, 2.45) is 0 Å². The lowest BCUT2D eigenvalue weighted by Gasteiger charge is -2.05. The summed E-state index contributed by atoms with van der Waals surface area (Å²) in [6.45, 7) is 0.664. The van der Waals surface area contributed by atoms with Crippen LogP contribution in [0.5, 0.6) is 5.75 Å². The molecule has 3 aromatic rings. The molecule has 0 spiro atoms. The Kier molecular flexibility index (Phi) is 5.37. The Balaban J connectivity index is 1.39. The lowest BCUT2D eigenvalue weighted by molar-refractivity contribution is 0.318. The normalized spacial score (nSPS) is 10.8. The summed E-state index contributed by atoms with van der Waals surface area (Å²) >= 11 is 9.10. The number of aromatic nitrogens is 3. The molecule has 0 fully saturated rings. The first-order valence-electron chi connectivity index (χ1n) is 6.79. The van der Waals surface area contributed by atoms with Gasteiger partial charge in [0.2, 0.25) is 5.16 Å². The molecule has 0 aliphatic heterocycles. The molecule has 1 aromatic carbocycles. The number of rotatable bonds is 7. The lowest BCUT2D eigenvalue weighted by atomic mass is 10.3. The van der Waals surface area contributed by atoms with Crippen LogP contribution in [0.3, 0.4) is 0 Å². The smallest absolute Gasteiger partial charge is 0.208 e. The summed E-state index contributed by atoms with van der Waals surface area (Å²) in [5.41, 5.74) is 0. The van der Waals surface area contributed by atoms with Gasteiger partial charge < -0.3 is 4.74 Å². The van der Waals surface area contributed by atoms with Gasteiger partial charge in [0, 0.05) is 10.8 Å². The summed E-state index contributed by atoms with van der Waals surface area (Å²) in [5.74, 6) is 2.58. The second-order valence-corrected chi connectivity index (χ2v) is 6.89. The van der Waals surface area contributed by atoms with Crippen molar-refractivity contribution in [1.29, 1.82) is 0 Å². The third-order valence-electron chi connectivity index (χ3n) is 2.82. The largest absolute Gasteiger partial charge is 0.494 e. The first-order chi connectivity index (χ1) is 10.8. The van der Waals surface area contributed by atoms with Crippen LogP contribution >= 0.6 is 34.7 Å². The van der Waals surface area contributed by atoms with Crippen LogP contribution in [0.15, 0.2) is 46.9 Å². The molecule has 1 N–H and O–H groups in total. The molecular weight excluding hydrogens is 338 g/mol. The Morgan fingerprint density at radius 3 is 2.86 bits per heavy atom. The van der Waals surface area contributed by atoms with Crippen LogP contribution in [0.25, 0.3) is 10.7 Å². The van der Waals surface area contributed by atoms with Gasteiger partial charge in [-0.05, 0) is 42.1 Å². The van der Waals surface area contributed by atoms with Crippen molar-refractivity contribution in [3.05, 3.63) is 46.8 Å². The molecule has 0 radical (unpaired) electrons. The minimum Gasteiger partial charge on any atom is -0.494 e. The van der Waals surface area contributed by atoms with Gasteiger partial charge in [-0.25, -0.2) is 4.98 Å². The Bertz CT molecular complexity index is 698. The highest BCUT2D eigenvalue weighted by Crippen LogP contribution is 2.23. The van der Waals surface area contributed by atoms with Gasteiger partial charge in [-0.15, -0.1) is 16.4 Å². The fraction of sp³-hybridized carbons (Fsp3) is 0.200. The highest BCUT2D eigenvalue weighted by atomic mass is 35.5. The van der Waals surface area contributed by atoms with Crippen molar-refractivity contribution in [3.8, 4) is 16.5 Å². The maximum atomic E-state index is 5.83. The first-order valence-corrected chi connectivity index (χ1v) is 9.03. The van der Waals surface area contributed by atoms with Crippen molar-refractivity contribution in [2.45, 2.75) is 11.6 Å². The molecule has 4 nitrogen and oxygen atoms in total. The summed E-state index contributed by atoms with van der Waals surface area (Å²) in [7, 11) is 0. The number of ether oxygens (including phenoxy) is 1. The Morgan fingerprint density at radius 2 is 2.09 bits per heavy atom. The van der Waals surface area contributed by atoms with Crippen LogP contribution in [-0.4, -0.2) is 27.5 Å². The zero-order chi connectivity index (χ0) is 15.2. The van der Waals surface area contributed by atoms with E-state index >= 15 is 0 Å². The van der Waals surface area contributed by atoms with Crippen molar-refractivity contribution in [3.63, 3.8) is 0 Å². The molecule has 22 heavy (non-hydrogen) atoms. The van der Waals surface area contributed by atoms with Crippen molar-refractivity contribution in [2.75, 3.05) is 12.4 Å². The minimum atomic E-state index is 0.664. The Labute approximate surface area is 141 Å². The Hall–Kier alpha value is -1.50. The maximum absolute atomic E-state index is 5.83. The first kappa shape index (κ1) is 15.4. The summed E-state index contributed by atoms with van der Waals surface area (Å²) in [6, 6.07) is 11.4. The van der Waals surface area contributed by atoms with E-state index in [0.29, 0.717) is 11.6 Å². The maximum Gasteiger partial charge on any atom is 0.208 e. The molecule has 0 aliphatic rings. The molecule has 0 atom stereocenters. The number of thioether (sulfide) groups is 1. The SMILES string of the molecule is Clc1ccc(OCCCSc2n[nH]c(-c3cccs3)n2)cc1. The van der Waals surface area contributed by atoms with E-state index in [4.69, 9.17) is 16.3 Å². The summed E-state index contributed by atoms with van der Waals surface area (Å²) < 4.78 is 5.64. The molecule has 2 aromatic heterocycles. The van der Waals surface area contributed by atoms with Gasteiger partial charge in [0.25, 0.3) is 0 Å². The fourth-order valence-corrected chi connectivity index (χ4v) is 3.28. The molecule has 0 amide bonds. The predicted molar refractivity (Wildman–Crippen MR) is 92.0 cm³/mol. The van der Waals surface area contributed by atoms with Gasteiger partial charge in [0.15, 0.2) is 5.82 Å². The number of aromatic amines is 1. The monoisotopic (exact) mass is 351 g/mol. The molecule has 0 saturated carbocycles. The van der Waals surface area contributed by atoms with Crippen molar-refractivity contribution < 1.29 is 4.74 Å². The molecule has 114 valence electrons. The highest BCUT2D eigenvalue weighted by Gasteiger charge is 2.06. The third kappa shape index (κ3) is 4.25. The van der Waals surface area contributed by atoms with Gasteiger partial charge in [-0.3, -0.25) is 5.10 Å². The average molecular weight is 352 g/mol. The average Bonchev–Trinajstić information content (AvgIpc) is 3.19. The van der Waals surface area contributed by atoms with E-state index in [1.54, 1.807) is 23.1 Å².